The molecule has 3 aliphatic rings. The molecule has 0 aliphatic carbocycles. The van der Waals surface area contributed by atoms with E-state index in [2.05, 4.69) is 36.8 Å². The predicted octanol–water partition coefficient (Wildman–Crippen LogP) is 2.59. The quantitative estimate of drug-likeness (QED) is 0.749. The minimum absolute atomic E-state index is 0.327. The van der Waals surface area contributed by atoms with Crippen molar-refractivity contribution in [1.29, 1.82) is 0 Å². The van der Waals surface area contributed by atoms with Crippen LogP contribution in [0, 0.1) is 0 Å². The van der Waals surface area contributed by atoms with Crippen LogP contribution in [-0.4, -0.2) is 72.3 Å². The highest BCUT2D eigenvalue weighted by atomic mass is 35.5. The van der Waals surface area contributed by atoms with Gasteiger partial charge in [-0.05, 0) is 24.1 Å². The van der Waals surface area contributed by atoms with Gasteiger partial charge in [0.25, 0.3) is 0 Å². The highest BCUT2D eigenvalue weighted by molar-refractivity contribution is 7.19. The summed E-state index contributed by atoms with van der Waals surface area (Å²) in [5.74, 6) is 0.961. The van der Waals surface area contributed by atoms with Gasteiger partial charge in [0.2, 0.25) is 5.28 Å². The standard InChI is InChI=1S/C18H22ClN5OS/c19-18-20-15-10-14(12-22-4-5-23-3-1-2-13(23)11-22)26-16(15)17(21-18)24-6-8-25-9-7-24/h2,10H,1,3-9,11-12H2. The predicted molar refractivity (Wildman–Crippen MR) is 105 cm³/mol. The number of hydrogen-bond donors (Lipinski definition) is 0. The SMILES string of the molecule is Clc1nc(N2CCOCC2)c2sc(CN3CCN4CCC=C4C3)cc2n1. The first kappa shape index (κ1) is 16.7. The summed E-state index contributed by atoms with van der Waals surface area (Å²) in [5.41, 5.74) is 2.46. The second kappa shape index (κ2) is 6.96. The Morgan fingerprint density at radius 2 is 1.96 bits per heavy atom. The number of nitrogens with zero attached hydrogens (tertiary/aromatic N) is 5. The van der Waals surface area contributed by atoms with Gasteiger partial charge >= 0.3 is 0 Å². The zero-order chi connectivity index (χ0) is 17.5. The fraction of sp³-hybridized carbons (Fsp3) is 0.556. The Hall–Kier alpha value is -1.41. The lowest BCUT2D eigenvalue weighted by Crippen LogP contribution is -2.42. The molecule has 0 N–H and O–H groups in total. The van der Waals surface area contributed by atoms with E-state index in [1.54, 1.807) is 11.3 Å². The maximum Gasteiger partial charge on any atom is 0.224 e. The van der Waals surface area contributed by atoms with Gasteiger partial charge in [0.05, 0.1) is 23.4 Å². The van der Waals surface area contributed by atoms with Crippen molar-refractivity contribution in [3.8, 4) is 0 Å². The molecule has 8 heteroatoms. The first-order valence-electron chi connectivity index (χ1n) is 9.21. The maximum absolute atomic E-state index is 6.21. The van der Waals surface area contributed by atoms with Crippen LogP contribution in [0.15, 0.2) is 17.8 Å². The third-order valence-corrected chi connectivity index (χ3v) is 6.60. The van der Waals surface area contributed by atoms with E-state index in [-0.39, 0.29) is 0 Å². The van der Waals surface area contributed by atoms with Crippen LogP contribution in [0.4, 0.5) is 5.82 Å². The monoisotopic (exact) mass is 391 g/mol. The van der Waals surface area contributed by atoms with Gasteiger partial charge in [0.15, 0.2) is 5.82 Å². The Labute approximate surface area is 162 Å². The number of anilines is 1. The summed E-state index contributed by atoms with van der Waals surface area (Å²) >= 11 is 8.01. The first-order chi connectivity index (χ1) is 12.8. The largest absolute Gasteiger partial charge is 0.378 e. The number of ether oxygens (including phenoxy) is 1. The highest BCUT2D eigenvalue weighted by Crippen LogP contribution is 2.34. The summed E-state index contributed by atoms with van der Waals surface area (Å²) in [4.78, 5) is 17.6. The maximum atomic E-state index is 6.21. The van der Waals surface area contributed by atoms with Gasteiger partial charge in [0.1, 0.15) is 0 Å². The molecule has 26 heavy (non-hydrogen) atoms. The molecule has 138 valence electrons. The molecule has 0 spiro atoms. The molecular formula is C18H22ClN5OS. The molecule has 2 aromatic heterocycles. The molecule has 0 amide bonds. The van der Waals surface area contributed by atoms with Crippen LogP contribution in [0.2, 0.25) is 5.28 Å². The first-order valence-corrected chi connectivity index (χ1v) is 10.4. The van der Waals surface area contributed by atoms with Crippen LogP contribution in [-0.2, 0) is 11.3 Å². The van der Waals surface area contributed by atoms with E-state index in [1.165, 1.54) is 23.5 Å². The number of aromatic nitrogens is 2. The fourth-order valence-corrected chi connectivity index (χ4v) is 5.34. The van der Waals surface area contributed by atoms with Gasteiger partial charge in [0, 0.05) is 56.4 Å². The minimum atomic E-state index is 0.327. The number of rotatable bonds is 3. The van der Waals surface area contributed by atoms with Crippen molar-refractivity contribution >= 4 is 39.0 Å². The molecule has 3 aliphatic heterocycles. The number of halogens is 1. The van der Waals surface area contributed by atoms with Crippen molar-refractivity contribution in [2.24, 2.45) is 0 Å². The molecule has 6 nitrogen and oxygen atoms in total. The number of hydrogen-bond acceptors (Lipinski definition) is 7. The Kier molecular flexibility index (Phi) is 4.48. The van der Waals surface area contributed by atoms with Crippen molar-refractivity contribution in [1.82, 2.24) is 19.8 Å². The Morgan fingerprint density at radius 1 is 1.08 bits per heavy atom. The van der Waals surface area contributed by atoms with Crippen molar-refractivity contribution < 1.29 is 4.74 Å². The molecule has 0 unspecified atom stereocenters. The summed E-state index contributed by atoms with van der Waals surface area (Å²) < 4.78 is 6.62. The summed E-state index contributed by atoms with van der Waals surface area (Å²) in [6.45, 7) is 8.65. The van der Waals surface area contributed by atoms with E-state index < -0.39 is 0 Å². The molecular weight excluding hydrogens is 370 g/mol. The third kappa shape index (κ3) is 3.17. The zero-order valence-electron chi connectivity index (χ0n) is 14.7. The zero-order valence-corrected chi connectivity index (χ0v) is 16.2. The van der Waals surface area contributed by atoms with Crippen LogP contribution in [0.1, 0.15) is 11.3 Å². The Morgan fingerprint density at radius 3 is 2.85 bits per heavy atom. The van der Waals surface area contributed by atoms with E-state index >= 15 is 0 Å². The van der Waals surface area contributed by atoms with E-state index in [0.29, 0.717) is 5.28 Å². The normalized spacial score (nSPS) is 21.3. The van der Waals surface area contributed by atoms with Gasteiger partial charge in [-0.25, -0.2) is 4.98 Å². The lowest BCUT2D eigenvalue weighted by Gasteiger charge is -2.35. The van der Waals surface area contributed by atoms with E-state index in [1.807, 2.05) is 0 Å². The van der Waals surface area contributed by atoms with Crippen molar-refractivity contribution in [3.63, 3.8) is 0 Å². The number of thiophene rings is 1. The minimum Gasteiger partial charge on any atom is -0.378 e. The summed E-state index contributed by atoms with van der Waals surface area (Å²) in [6, 6.07) is 2.19. The molecule has 0 saturated carbocycles. The van der Waals surface area contributed by atoms with E-state index in [0.717, 1.165) is 68.5 Å². The van der Waals surface area contributed by atoms with Gasteiger partial charge in [-0.3, -0.25) is 4.90 Å². The molecule has 2 saturated heterocycles. The topological polar surface area (TPSA) is 44.7 Å². The average Bonchev–Trinajstić information content (AvgIpc) is 3.27. The van der Waals surface area contributed by atoms with E-state index in [4.69, 9.17) is 16.3 Å². The van der Waals surface area contributed by atoms with E-state index in [9.17, 15) is 0 Å². The molecule has 2 aromatic rings. The lowest BCUT2D eigenvalue weighted by molar-refractivity contribution is 0.122. The van der Waals surface area contributed by atoms with Gasteiger partial charge in [-0.2, -0.15) is 4.98 Å². The van der Waals surface area contributed by atoms with Crippen LogP contribution in [0.3, 0.4) is 0 Å². The number of piperazine rings is 1. The smallest absolute Gasteiger partial charge is 0.224 e. The summed E-state index contributed by atoms with van der Waals surface area (Å²) in [7, 11) is 0. The van der Waals surface area contributed by atoms with Gasteiger partial charge < -0.3 is 14.5 Å². The molecule has 0 aromatic carbocycles. The van der Waals surface area contributed by atoms with Crippen LogP contribution < -0.4 is 4.90 Å². The molecule has 0 bridgehead atoms. The third-order valence-electron chi connectivity index (χ3n) is 5.32. The molecule has 5 heterocycles. The second-order valence-electron chi connectivity index (χ2n) is 7.02. The van der Waals surface area contributed by atoms with Gasteiger partial charge in [-0.15, -0.1) is 11.3 Å². The number of fused-ring (bicyclic) bond motifs is 2. The van der Waals surface area contributed by atoms with Crippen LogP contribution in [0.5, 0.6) is 0 Å². The van der Waals surface area contributed by atoms with Gasteiger partial charge in [-0.1, -0.05) is 6.08 Å². The van der Waals surface area contributed by atoms with Crippen LogP contribution >= 0.6 is 22.9 Å². The second-order valence-corrected chi connectivity index (χ2v) is 8.50. The van der Waals surface area contributed by atoms with Crippen molar-refractivity contribution in [2.75, 3.05) is 57.4 Å². The molecule has 2 fully saturated rings. The lowest BCUT2D eigenvalue weighted by atomic mass is 10.2. The molecule has 0 radical (unpaired) electrons. The molecule has 5 rings (SSSR count). The Bertz CT molecular complexity index is 847. The van der Waals surface area contributed by atoms with Crippen molar-refractivity contribution in [3.05, 3.63) is 28.0 Å². The average molecular weight is 392 g/mol. The fourth-order valence-electron chi connectivity index (χ4n) is 4.01. The summed E-state index contributed by atoms with van der Waals surface area (Å²) in [6.07, 6.45) is 3.59. The highest BCUT2D eigenvalue weighted by Gasteiger charge is 2.25. The summed E-state index contributed by atoms with van der Waals surface area (Å²) in [5, 5.41) is 0.327. The Balaban J connectivity index is 1.40. The number of morpholine rings is 1. The van der Waals surface area contributed by atoms with Crippen LogP contribution in [0.25, 0.3) is 10.2 Å². The molecule has 0 atom stereocenters. The van der Waals surface area contributed by atoms with Crippen molar-refractivity contribution in [2.45, 2.75) is 13.0 Å².